The maximum atomic E-state index is 13.5. The van der Waals surface area contributed by atoms with E-state index in [9.17, 15) is 22.4 Å². The first-order chi connectivity index (χ1) is 11.2. The van der Waals surface area contributed by atoms with Crippen molar-refractivity contribution < 1.29 is 27.1 Å². The predicted octanol–water partition coefficient (Wildman–Crippen LogP) is 3.92. The van der Waals surface area contributed by atoms with Crippen LogP contribution in [0, 0.1) is 19.7 Å². The van der Waals surface area contributed by atoms with Crippen molar-refractivity contribution in [2.45, 2.75) is 26.4 Å². The van der Waals surface area contributed by atoms with Crippen LogP contribution in [0.3, 0.4) is 0 Å². The summed E-state index contributed by atoms with van der Waals surface area (Å²) in [5, 5.41) is 2.12. The van der Waals surface area contributed by atoms with E-state index in [-0.39, 0.29) is 28.8 Å². The van der Waals surface area contributed by atoms with E-state index >= 15 is 0 Å². The van der Waals surface area contributed by atoms with Crippen LogP contribution in [0.25, 0.3) is 0 Å². The minimum atomic E-state index is -4.61. The normalized spacial score (nSPS) is 11.2. The van der Waals surface area contributed by atoms with Crippen LogP contribution < -0.4 is 10.1 Å². The number of ether oxygens (including phenoxy) is 1. The molecule has 2 aromatic rings. The van der Waals surface area contributed by atoms with Gasteiger partial charge in [0.05, 0.1) is 17.1 Å². The molecule has 2 rings (SSSR count). The molecule has 1 N–H and O–H groups in total. The number of anilines is 1. The van der Waals surface area contributed by atoms with Gasteiger partial charge in [-0.15, -0.1) is 0 Å². The highest BCUT2D eigenvalue weighted by Crippen LogP contribution is 2.26. The molecule has 1 heterocycles. The molecule has 0 unspecified atom stereocenters. The van der Waals surface area contributed by atoms with E-state index in [0.717, 1.165) is 0 Å². The lowest BCUT2D eigenvalue weighted by Gasteiger charge is -2.13. The molecule has 0 aliphatic rings. The monoisotopic (exact) mass is 343 g/mol. The summed E-state index contributed by atoms with van der Waals surface area (Å²) >= 11 is 0. The second kappa shape index (κ2) is 6.81. The number of nitrogens with one attached hydrogen (secondary N) is 1. The van der Waals surface area contributed by atoms with E-state index in [1.54, 1.807) is 6.07 Å². The fourth-order valence-electron chi connectivity index (χ4n) is 1.90. The van der Waals surface area contributed by atoms with Gasteiger partial charge < -0.3 is 10.1 Å². The van der Waals surface area contributed by atoms with E-state index in [1.807, 2.05) is 0 Å². The van der Waals surface area contributed by atoms with Crippen LogP contribution in [0.15, 0.2) is 24.3 Å². The third-order valence-electron chi connectivity index (χ3n) is 2.91. The summed E-state index contributed by atoms with van der Waals surface area (Å²) in [6, 6.07) is 5.44. The number of hydrogen-bond acceptors (Lipinski definition) is 4. The molecule has 5 nitrogen and oxygen atoms in total. The van der Waals surface area contributed by atoms with Gasteiger partial charge >= 0.3 is 12.2 Å². The van der Waals surface area contributed by atoms with Gasteiger partial charge in [-0.2, -0.15) is 23.1 Å². The number of hydrogen-bond donors (Lipinski definition) is 1. The second-order valence-electron chi connectivity index (χ2n) is 4.92. The van der Waals surface area contributed by atoms with Crippen LogP contribution in [-0.2, 0) is 4.79 Å². The number of aromatic nitrogens is 2. The van der Waals surface area contributed by atoms with Crippen molar-refractivity contribution in [2.75, 3.05) is 5.32 Å². The number of carbonyl (C=O) groups is 1. The fourth-order valence-corrected chi connectivity index (χ4v) is 1.90. The molecular formula is C15H13F4N3O2. The van der Waals surface area contributed by atoms with Gasteiger partial charge in [-0.3, -0.25) is 4.79 Å². The van der Waals surface area contributed by atoms with Gasteiger partial charge in [0.25, 0.3) is 0 Å². The molecule has 128 valence electrons. The van der Waals surface area contributed by atoms with Crippen LogP contribution in [0.2, 0.25) is 0 Å². The minimum absolute atomic E-state index is 0.0603. The minimum Gasteiger partial charge on any atom is -0.421 e. The number of amides is 1. The van der Waals surface area contributed by atoms with Gasteiger partial charge in [0.2, 0.25) is 5.91 Å². The Morgan fingerprint density at radius 2 is 1.75 bits per heavy atom. The predicted molar refractivity (Wildman–Crippen MR) is 77.3 cm³/mol. The maximum absolute atomic E-state index is 13.5. The van der Waals surface area contributed by atoms with Crippen LogP contribution in [0.5, 0.6) is 11.8 Å². The molecule has 24 heavy (non-hydrogen) atoms. The third kappa shape index (κ3) is 4.64. The molecule has 9 heteroatoms. The lowest BCUT2D eigenvalue weighted by atomic mass is 10.2. The highest BCUT2D eigenvalue weighted by molar-refractivity contribution is 5.92. The number of carbonyl (C=O) groups excluding carboxylic acids is 1. The Morgan fingerprint density at radius 3 is 2.29 bits per heavy atom. The zero-order valence-corrected chi connectivity index (χ0v) is 12.7. The number of nitrogens with zero attached hydrogens (tertiary/aromatic N) is 2. The summed E-state index contributed by atoms with van der Waals surface area (Å²) in [6.45, 7) is 2.93. The second-order valence-corrected chi connectivity index (χ2v) is 4.92. The van der Waals surface area contributed by atoms with Gasteiger partial charge in [0, 0.05) is 0 Å². The smallest absolute Gasteiger partial charge is 0.397 e. The average molecular weight is 343 g/mol. The van der Waals surface area contributed by atoms with Crippen molar-refractivity contribution in [3.8, 4) is 11.8 Å². The number of rotatable bonds is 4. The molecule has 0 saturated heterocycles. The number of halogens is 4. The molecule has 0 radical (unpaired) electrons. The SMILES string of the molecule is Cc1nc(Oc2ccccc2F)nc(C)c1NC(=O)CC(F)(F)F. The Balaban J connectivity index is 2.19. The summed E-state index contributed by atoms with van der Waals surface area (Å²) < 4.78 is 55.4. The first-order valence-electron chi connectivity index (χ1n) is 6.80. The molecule has 0 spiro atoms. The Hall–Kier alpha value is -2.71. The summed E-state index contributed by atoms with van der Waals surface area (Å²) in [4.78, 5) is 19.2. The van der Waals surface area contributed by atoms with Crippen molar-refractivity contribution in [3.63, 3.8) is 0 Å². The lowest BCUT2D eigenvalue weighted by molar-refractivity contribution is -0.150. The van der Waals surface area contributed by atoms with Gasteiger partial charge in [-0.1, -0.05) is 12.1 Å². The van der Waals surface area contributed by atoms with Crippen LogP contribution in [-0.4, -0.2) is 22.1 Å². The molecule has 0 fully saturated rings. The summed E-state index contributed by atoms with van der Waals surface area (Å²) in [5.74, 6) is -1.93. The van der Waals surface area contributed by atoms with E-state index in [2.05, 4.69) is 15.3 Å². The highest BCUT2D eigenvalue weighted by Gasteiger charge is 2.31. The maximum Gasteiger partial charge on any atom is 0.397 e. The van der Waals surface area contributed by atoms with Crippen LogP contribution >= 0.6 is 0 Å². The van der Waals surface area contributed by atoms with E-state index < -0.39 is 24.3 Å². The van der Waals surface area contributed by atoms with Crippen molar-refractivity contribution >= 4 is 11.6 Å². The van der Waals surface area contributed by atoms with Crippen molar-refractivity contribution in [1.82, 2.24) is 9.97 Å². The van der Waals surface area contributed by atoms with Crippen LogP contribution in [0.4, 0.5) is 23.2 Å². The zero-order valence-electron chi connectivity index (χ0n) is 12.7. The Bertz CT molecular complexity index is 740. The highest BCUT2D eigenvalue weighted by atomic mass is 19.4. The first-order valence-corrected chi connectivity index (χ1v) is 6.80. The Morgan fingerprint density at radius 1 is 1.17 bits per heavy atom. The first kappa shape index (κ1) is 17.6. The topological polar surface area (TPSA) is 64.1 Å². The number of aryl methyl sites for hydroxylation is 2. The Labute approximate surface area is 134 Å². The van der Waals surface area contributed by atoms with Gasteiger partial charge in [-0.25, -0.2) is 4.39 Å². The van der Waals surface area contributed by atoms with Crippen LogP contribution in [0.1, 0.15) is 17.8 Å². The quantitative estimate of drug-likeness (QED) is 0.855. The molecule has 0 aliphatic heterocycles. The van der Waals surface area contributed by atoms with E-state index in [1.165, 1.54) is 32.0 Å². The lowest BCUT2D eigenvalue weighted by Crippen LogP contribution is -2.22. The number of alkyl halides is 3. The van der Waals surface area contributed by atoms with E-state index in [4.69, 9.17) is 4.74 Å². The molecule has 1 amide bonds. The summed E-state index contributed by atoms with van der Waals surface area (Å²) in [6.07, 6.45) is -6.22. The number of para-hydroxylation sites is 1. The van der Waals surface area contributed by atoms with Crippen molar-refractivity contribution in [3.05, 3.63) is 41.5 Å². The van der Waals surface area contributed by atoms with Crippen molar-refractivity contribution in [1.29, 1.82) is 0 Å². The van der Waals surface area contributed by atoms with Gasteiger partial charge in [-0.05, 0) is 26.0 Å². The van der Waals surface area contributed by atoms with Gasteiger partial charge in [0.15, 0.2) is 11.6 Å². The molecule has 1 aromatic carbocycles. The summed E-state index contributed by atoms with van der Waals surface area (Å²) in [7, 11) is 0. The van der Waals surface area contributed by atoms with Crippen molar-refractivity contribution in [2.24, 2.45) is 0 Å². The molecule has 1 aromatic heterocycles. The van der Waals surface area contributed by atoms with E-state index in [0.29, 0.717) is 0 Å². The standard InChI is InChI=1S/C15H13F4N3O2/c1-8-13(22-12(23)7-15(17,18)19)9(2)21-14(20-8)24-11-6-4-3-5-10(11)16/h3-6H,7H2,1-2H3,(H,22,23). The van der Waals surface area contributed by atoms with Gasteiger partial charge in [0.1, 0.15) is 6.42 Å². The Kier molecular flexibility index (Phi) is 5.01. The largest absolute Gasteiger partial charge is 0.421 e. The third-order valence-corrected chi connectivity index (χ3v) is 2.91. The molecule has 0 bridgehead atoms. The number of benzene rings is 1. The molecule has 0 aliphatic carbocycles. The molecule has 0 atom stereocenters. The molecule has 0 saturated carbocycles. The average Bonchev–Trinajstić information content (AvgIpc) is 2.43. The zero-order chi connectivity index (χ0) is 17.9. The fraction of sp³-hybridized carbons (Fsp3) is 0.267. The molecular weight excluding hydrogens is 330 g/mol. The summed E-state index contributed by atoms with van der Waals surface area (Å²) in [5.41, 5.74) is 0.457.